The number of carbonyl (C=O) groups is 1. The first-order valence-electron chi connectivity index (χ1n) is 5.97. The van der Waals surface area contributed by atoms with E-state index in [0.717, 1.165) is 10.1 Å². The summed E-state index contributed by atoms with van der Waals surface area (Å²) < 4.78 is 1.06. The smallest absolute Gasteiger partial charge is 0.313 e. The van der Waals surface area contributed by atoms with Gasteiger partial charge < -0.3 is 4.98 Å². The van der Waals surface area contributed by atoms with E-state index in [2.05, 4.69) is 4.98 Å². The lowest BCUT2D eigenvalue weighted by molar-refractivity contribution is 0.101. The van der Waals surface area contributed by atoms with Crippen molar-refractivity contribution in [1.82, 2.24) is 9.55 Å². The van der Waals surface area contributed by atoms with Crippen LogP contribution >= 0.6 is 0 Å². The molecular formula is C14H14N2O3. The molecule has 0 atom stereocenters. The van der Waals surface area contributed by atoms with Crippen LogP contribution in [0, 0.1) is 0 Å². The van der Waals surface area contributed by atoms with Crippen LogP contribution in [0.15, 0.2) is 46.1 Å². The highest BCUT2D eigenvalue weighted by Crippen LogP contribution is 2.00. The van der Waals surface area contributed by atoms with Crippen LogP contribution in [0.2, 0.25) is 0 Å². The summed E-state index contributed by atoms with van der Waals surface area (Å²) in [6.07, 6.45) is 1.73. The number of H-pyrrole nitrogens is 1. The predicted molar refractivity (Wildman–Crippen MR) is 71.5 cm³/mol. The maximum atomic E-state index is 12.0. The Balaban J connectivity index is 2.30. The molecule has 0 spiro atoms. The molecule has 2 aromatic rings. The molecule has 1 aromatic heterocycles. The molecule has 0 saturated carbocycles. The first kappa shape index (κ1) is 13.0. The second-order valence-corrected chi connectivity index (χ2v) is 4.26. The van der Waals surface area contributed by atoms with E-state index in [1.807, 2.05) is 30.3 Å². The van der Waals surface area contributed by atoms with Gasteiger partial charge in [0, 0.05) is 12.7 Å². The summed E-state index contributed by atoms with van der Waals surface area (Å²) in [7, 11) is 0. The number of Topliss-reactive ketones (excluding diaryl/α,β-unsaturated/α-hetero) is 1. The van der Waals surface area contributed by atoms with E-state index in [1.54, 1.807) is 0 Å². The van der Waals surface area contributed by atoms with Crippen LogP contribution < -0.4 is 11.2 Å². The average Bonchev–Trinajstić information content (AvgIpc) is 2.39. The zero-order valence-corrected chi connectivity index (χ0v) is 10.6. The highest BCUT2D eigenvalue weighted by Gasteiger charge is 2.10. The highest BCUT2D eigenvalue weighted by molar-refractivity contribution is 5.93. The molecule has 0 fully saturated rings. The summed E-state index contributed by atoms with van der Waals surface area (Å²) in [4.78, 5) is 37.3. The number of carbonyl (C=O) groups excluding carboxylic acids is 1. The molecule has 0 aliphatic heterocycles. The van der Waals surface area contributed by atoms with Gasteiger partial charge in [0.1, 0.15) is 0 Å². The monoisotopic (exact) mass is 258 g/mol. The molecule has 1 heterocycles. The Morgan fingerprint density at radius 3 is 2.53 bits per heavy atom. The summed E-state index contributed by atoms with van der Waals surface area (Å²) >= 11 is 0. The zero-order chi connectivity index (χ0) is 13.8. The summed E-state index contributed by atoms with van der Waals surface area (Å²) in [5, 5.41) is 0. The minimum Gasteiger partial charge on any atom is -0.313 e. The van der Waals surface area contributed by atoms with Gasteiger partial charge in [0.25, 0.3) is 5.56 Å². The predicted octanol–water partition coefficient (Wildman–Crippen LogP) is 0.982. The molecule has 0 bridgehead atoms. The molecule has 5 nitrogen and oxygen atoms in total. The molecule has 1 aromatic carbocycles. The number of aromatic nitrogens is 2. The van der Waals surface area contributed by atoms with E-state index in [-0.39, 0.29) is 17.9 Å². The number of nitrogens with one attached hydrogen (secondary N) is 1. The number of aryl methyl sites for hydroxylation is 1. The highest BCUT2D eigenvalue weighted by atomic mass is 16.2. The minimum absolute atomic E-state index is 0.00709. The number of hydrogen-bond acceptors (Lipinski definition) is 3. The Hall–Kier alpha value is -2.43. The Kier molecular flexibility index (Phi) is 3.75. The fraction of sp³-hybridized carbons (Fsp3) is 0.214. The Bertz CT molecular complexity index is 699. The molecule has 5 heteroatoms. The van der Waals surface area contributed by atoms with Gasteiger partial charge in [-0.25, -0.2) is 4.79 Å². The Morgan fingerprint density at radius 2 is 1.89 bits per heavy atom. The van der Waals surface area contributed by atoms with E-state index in [9.17, 15) is 14.4 Å². The van der Waals surface area contributed by atoms with Crippen molar-refractivity contribution < 1.29 is 4.79 Å². The van der Waals surface area contributed by atoms with Crippen LogP contribution in [0.1, 0.15) is 22.8 Å². The molecule has 98 valence electrons. The van der Waals surface area contributed by atoms with Crippen molar-refractivity contribution in [3.05, 3.63) is 68.5 Å². The van der Waals surface area contributed by atoms with E-state index in [1.165, 1.54) is 13.1 Å². The maximum absolute atomic E-state index is 12.0. The quantitative estimate of drug-likeness (QED) is 0.831. The number of rotatable bonds is 4. The van der Waals surface area contributed by atoms with Crippen LogP contribution in [-0.2, 0) is 13.0 Å². The molecule has 0 aliphatic carbocycles. The summed E-state index contributed by atoms with van der Waals surface area (Å²) in [5.74, 6) is -0.352. The molecule has 19 heavy (non-hydrogen) atoms. The second kappa shape index (κ2) is 5.48. The van der Waals surface area contributed by atoms with Crippen molar-refractivity contribution in [1.29, 1.82) is 0 Å². The Labute approximate surface area is 109 Å². The van der Waals surface area contributed by atoms with E-state index in [4.69, 9.17) is 0 Å². The molecular weight excluding hydrogens is 244 g/mol. The fourth-order valence-electron chi connectivity index (χ4n) is 1.85. The lowest BCUT2D eigenvalue weighted by atomic mass is 10.1. The SMILES string of the molecule is CC(=O)c1c[nH]c(=O)n(CCc2ccccc2)c1=O. The topological polar surface area (TPSA) is 71.9 Å². The van der Waals surface area contributed by atoms with Gasteiger partial charge in [-0.3, -0.25) is 14.2 Å². The molecule has 2 rings (SSSR count). The number of nitrogens with zero attached hydrogens (tertiary/aromatic N) is 1. The summed E-state index contributed by atoms with van der Waals surface area (Å²) in [6.45, 7) is 1.55. The van der Waals surface area contributed by atoms with E-state index >= 15 is 0 Å². The first-order valence-corrected chi connectivity index (χ1v) is 5.97. The van der Waals surface area contributed by atoms with Gasteiger partial charge in [0.2, 0.25) is 0 Å². The van der Waals surface area contributed by atoms with Crippen LogP contribution in [-0.4, -0.2) is 15.3 Å². The Morgan fingerprint density at radius 1 is 1.21 bits per heavy atom. The number of aromatic amines is 1. The largest absolute Gasteiger partial charge is 0.328 e. The lowest BCUT2D eigenvalue weighted by Crippen LogP contribution is -2.38. The number of benzene rings is 1. The maximum Gasteiger partial charge on any atom is 0.328 e. The van der Waals surface area contributed by atoms with Crippen molar-refractivity contribution in [3.63, 3.8) is 0 Å². The summed E-state index contributed by atoms with van der Waals surface area (Å²) in [6, 6.07) is 9.55. The van der Waals surface area contributed by atoms with Crippen molar-refractivity contribution in [3.8, 4) is 0 Å². The molecule has 0 radical (unpaired) electrons. The van der Waals surface area contributed by atoms with Crippen molar-refractivity contribution in [2.45, 2.75) is 19.9 Å². The molecule has 0 amide bonds. The van der Waals surface area contributed by atoms with Gasteiger partial charge >= 0.3 is 5.69 Å². The van der Waals surface area contributed by atoms with Gasteiger partial charge in [-0.15, -0.1) is 0 Å². The van der Waals surface area contributed by atoms with Crippen LogP contribution in [0.4, 0.5) is 0 Å². The average molecular weight is 258 g/mol. The van der Waals surface area contributed by atoms with E-state index < -0.39 is 11.2 Å². The second-order valence-electron chi connectivity index (χ2n) is 4.26. The van der Waals surface area contributed by atoms with Gasteiger partial charge in [-0.2, -0.15) is 0 Å². The third-order valence-corrected chi connectivity index (χ3v) is 2.91. The van der Waals surface area contributed by atoms with E-state index in [0.29, 0.717) is 6.42 Å². The third kappa shape index (κ3) is 2.88. The number of hydrogen-bond donors (Lipinski definition) is 1. The van der Waals surface area contributed by atoms with Gasteiger partial charge in [0.05, 0.1) is 5.56 Å². The van der Waals surface area contributed by atoms with Gasteiger partial charge in [-0.1, -0.05) is 30.3 Å². The van der Waals surface area contributed by atoms with Gasteiger partial charge in [-0.05, 0) is 18.9 Å². The van der Waals surface area contributed by atoms with Gasteiger partial charge in [0.15, 0.2) is 5.78 Å². The van der Waals surface area contributed by atoms with Crippen LogP contribution in [0.25, 0.3) is 0 Å². The van der Waals surface area contributed by atoms with Crippen LogP contribution in [0.5, 0.6) is 0 Å². The molecule has 0 aliphatic rings. The summed E-state index contributed by atoms with van der Waals surface area (Å²) in [5.41, 5.74) is 0.00722. The zero-order valence-electron chi connectivity index (χ0n) is 10.6. The van der Waals surface area contributed by atoms with Crippen molar-refractivity contribution in [2.75, 3.05) is 0 Å². The lowest BCUT2D eigenvalue weighted by Gasteiger charge is -2.05. The normalized spacial score (nSPS) is 10.4. The first-order chi connectivity index (χ1) is 9.09. The minimum atomic E-state index is -0.535. The van der Waals surface area contributed by atoms with Crippen molar-refractivity contribution in [2.24, 2.45) is 0 Å². The van der Waals surface area contributed by atoms with Crippen LogP contribution in [0.3, 0.4) is 0 Å². The van der Waals surface area contributed by atoms with Crippen molar-refractivity contribution >= 4 is 5.78 Å². The number of ketones is 1. The molecule has 1 N–H and O–H groups in total. The molecule has 0 saturated heterocycles. The standard InChI is InChI=1S/C14H14N2O3/c1-10(17)12-9-15-14(19)16(13(12)18)8-7-11-5-3-2-4-6-11/h2-6,9H,7-8H2,1H3,(H,15,19). The third-order valence-electron chi connectivity index (χ3n) is 2.91. The molecule has 0 unspecified atom stereocenters. The fourth-order valence-corrected chi connectivity index (χ4v) is 1.85.